The van der Waals surface area contributed by atoms with Crippen molar-refractivity contribution in [3.63, 3.8) is 0 Å². The fourth-order valence-electron chi connectivity index (χ4n) is 5.53. The molecule has 0 radical (unpaired) electrons. The summed E-state index contributed by atoms with van der Waals surface area (Å²) in [6.07, 6.45) is 6.18. The molecule has 34 heavy (non-hydrogen) atoms. The molecule has 1 aliphatic carbocycles. The van der Waals surface area contributed by atoms with E-state index in [1.165, 1.54) is 0 Å². The molecule has 0 aromatic heterocycles. The smallest absolute Gasteiger partial charge is 0.229 e. The van der Waals surface area contributed by atoms with Crippen molar-refractivity contribution in [3.05, 3.63) is 82.4 Å². The zero-order chi connectivity index (χ0) is 24.5. The van der Waals surface area contributed by atoms with E-state index in [9.17, 15) is 9.59 Å². The van der Waals surface area contributed by atoms with Crippen LogP contribution in [0.2, 0.25) is 10.0 Å². The number of amides is 1. The number of carbonyl (C=O) groups excluding carboxylic acids is 2. The van der Waals surface area contributed by atoms with Crippen LogP contribution in [0.15, 0.2) is 61.2 Å². The molecule has 0 spiro atoms. The van der Waals surface area contributed by atoms with Crippen molar-refractivity contribution in [2.75, 3.05) is 0 Å². The SMILES string of the molecule is C=CC[C@@]1(C)C[C@H](c2cccc(Cl)c2)[C@@H](c2ccc(Cl)cc2)N([C@@H](CC)CC(=O)C2CC2)C1=O. The van der Waals surface area contributed by atoms with E-state index in [1.807, 2.05) is 60.4 Å². The number of allylic oxidation sites excluding steroid dienone is 1. The van der Waals surface area contributed by atoms with Gasteiger partial charge < -0.3 is 4.90 Å². The number of Topliss-reactive ketones (excluding diaryl/α,β-unsaturated/α-hetero) is 1. The molecule has 5 heteroatoms. The molecular formula is C29H33Cl2NO2. The highest BCUT2D eigenvalue weighted by molar-refractivity contribution is 6.30. The summed E-state index contributed by atoms with van der Waals surface area (Å²) in [5, 5.41) is 1.33. The molecule has 0 N–H and O–H groups in total. The van der Waals surface area contributed by atoms with Crippen LogP contribution in [0.1, 0.15) is 75.5 Å². The maximum Gasteiger partial charge on any atom is 0.229 e. The highest BCUT2D eigenvalue weighted by atomic mass is 35.5. The fraction of sp³-hybridized carbons (Fsp3) is 0.448. The zero-order valence-corrected chi connectivity index (χ0v) is 21.5. The molecule has 2 fully saturated rings. The van der Waals surface area contributed by atoms with Crippen molar-refractivity contribution in [1.29, 1.82) is 0 Å². The van der Waals surface area contributed by atoms with Crippen LogP contribution < -0.4 is 0 Å². The van der Waals surface area contributed by atoms with Gasteiger partial charge in [0.1, 0.15) is 5.78 Å². The molecule has 1 saturated heterocycles. The van der Waals surface area contributed by atoms with Gasteiger partial charge in [-0.25, -0.2) is 0 Å². The lowest BCUT2D eigenvalue weighted by Crippen LogP contribution is -2.55. The molecule has 1 amide bonds. The van der Waals surface area contributed by atoms with E-state index in [1.54, 1.807) is 0 Å². The third-order valence-corrected chi connectivity index (χ3v) is 8.01. The minimum absolute atomic E-state index is 0.0209. The van der Waals surface area contributed by atoms with Crippen molar-refractivity contribution in [2.45, 2.75) is 70.4 Å². The number of halogens is 2. The Balaban J connectivity index is 1.85. The van der Waals surface area contributed by atoms with Crippen LogP contribution in [0.3, 0.4) is 0 Å². The average Bonchev–Trinajstić information content (AvgIpc) is 3.66. The molecule has 4 atom stereocenters. The van der Waals surface area contributed by atoms with Gasteiger partial charge in [0.05, 0.1) is 11.5 Å². The molecular weight excluding hydrogens is 465 g/mol. The Labute approximate surface area is 213 Å². The van der Waals surface area contributed by atoms with Crippen LogP contribution in [0, 0.1) is 11.3 Å². The summed E-state index contributed by atoms with van der Waals surface area (Å²) in [4.78, 5) is 29.1. The monoisotopic (exact) mass is 497 g/mol. The first-order chi connectivity index (χ1) is 16.3. The Morgan fingerprint density at radius 1 is 1.15 bits per heavy atom. The van der Waals surface area contributed by atoms with E-state index in [4.69, 9.17) is 23.2 Å². The van der Waals surface area contributed by atoms with Gasteiger partial charge >= 0.3 is 0 Å². The zero-order valence-electron chi connectivity index (χ0n) is 20.0. The average molecular weight is 498 g/mol. The third-order valence-electron chi connectivity index (χ3n) is 7.52. The Morgan fingerprint density at radius 3 is 2.44 bits per heavy atom. The second kappa shape index (κ2) is 10.3. The standard InChI is InChI=1S/C29H33Cl2NO2/c1-4-15-29(3)18-25(21-7-6-8-23(31)16-21)27(20-11-13-22(30)14-12-20)32(28(29)34)24(5-2)17-26(33)19-9-10-19/h4,6-8,11-14,16,19,24-25,27H,1,5,9-10,15,17-18H2,2-3H3/t24-,25+,27+,29-/m0/s1. The second-order valence-electron chi connectivity index (χ2n) is 10.1. The first kappa shape index (κ1) is 25.0. The minimum atomic E-state index is -0.603. The fourth-order valence-corrected chi connectivity index (χ4v) is 5.86. The van der Waals surface area contributed by atoms with Crippen molar-refractivity contribution in [1.82, 2.24) is 4.90 Å². The van der Waals surface area contributed by atoms with Crippen LogP contribution >= 0.6 is 23.2 Å². The summed E-state index contributed by atoms with van der Waals surface area (Å²) in [5.41, 5.74) is 1.53. The molecule has 0 bridgehead atoms. The Bertz CT molecular complexity index is 1060. The van der Waals surface area contributed by atoms with Crippen LogP contribution in [-0.2, 0) is 9.59 Å². The van der Waals surface area contributed by atoms with Crippen LogP contribution in [0.25, 0.3) is 0 Å². The maximum absolute atomic E-state index is 14.2. The lowest BCUT2D eigenvalue weighted by molar-refractivity contribution is -0.155. The number of likely N-dealkylation sites (tertiary alicyclic amines) is 1. The van der Waals surface area contributed by atoms with E-state index in [0.29, 0.717) is 29.3 Å². The summed E-state index contributed by atoms with van der Waals surface area (Å²) >= 11 is 12.6. The highest BCUT2D eigenvalue weighted by Crippen LogP contribution is 2.52. The lowest BCUT2D eigenvalue weighted by atomic mass is 9.67. The van der Waals surface area contributed by atoms with Crippen molar-refractivity contribution >= 4 is 34.9 Å². The van der Waals surface area contributed by atoms with Gasteiger partial charge in [0.2, 0.25) is 5.91 Å². The highest BCUT2D eigenvalue weighted by Gasteiger charge is 2.51. The van der Waals surface area contributed by atoms with Crippen molar-refractivity contribution in [2.24, 2.45) is 11.3 Å². The largest absolute Gasteiger partial charge is 0.331 e. The van der Waals surface area contributed by atoms with E-state index in [-0.39, 0.29) is 35.6 Å². The first-order valence-electron chi connectivity index (χ1n) is 12.2. The second-order valence-corrected chi connectivity index (χ2v) is 11.0. The molecule has 180 valence electrons. The molecule has 4 rings (SSSR count). The molecule has 3 nitrogen and oxygen atoms in total. The van der Waals surface area contributed by atoms with Crippen molar-refractivity contribution < 1.29 is 9.59 Å². The van der Waals surface area contributed by atoms with Gasteiger partial charge in [-0.15, -0.1) is 6.58 Å². The van der Waals surface area contributed by atoms with Crippen LogP contribution in [-0.4, -0.2) is 22.6 Å². The van der Waals surface area contributed by atoms with Gasteiger partial charge in [-0.3, -0.25) is 9.59 Å². The van der Waals surface area contributed by atoms with Crippen LogP contribution in [0.4, 0.5) is 0 Å². The Hall–Kier alpha value is -2.10. The van der Waals surface area contributed by atoms with Gasteiger partial charge in [0.25, 0.3) is 0 Å². The summed E-state index contributed by atoms with van der Waals surface area (Å²) in [6, 6.07) is 15.4. The number of piperidine rings is 1. The molecule has 0 unspecified atom stereocenters. The van der Waals surface area contributed by atoms with E-state index in [0.717, 1.165) is 30.4 Å². The minimum Gasteiger partial charge on any atom is -0.331 e. The van der Waals surface area contributed by atoms with E-state index < -0.39 is 5.41 Å². The van der Waals surface area contributed by atoms with Gasteiger partial charge in [0, 0.05) is 34.3 Å². The summed E-state index contributed by atoms with van der Waals surface area (Å²) in [7, 11) is 0. The number of rotatable bonds is 9. The van der Waals surface area contributed by atoms with Gasteiger partial charge in [-0.2, -0.15) is 0 Å². The molecule has 2 aromatic rings. The van der Waals surface area contributed by atoms with Gasteiger partial charge in [0.15, 0.2) is 0 Å². The van der Waals surface area contributed by atoms with Crippen LogP contribution in [0.5, 0.6) is 0 Å². The van der Waals surface area contributed by atoms with Crippen molar-refractivity contribution in [3.8, 4) is 0 Å². The number of hydrogen-bond acceptors (Lipinski definition) is 2. The third kappa shape index (κ3) is 5.11. The number of hydrogen-bond donors (Lipinski definition) is 0. The number of benzene rings is 2. The summed E-state index contributed by atoms with van der Waals surface area (Å²) in [5.74, 6) is 0.574. The topological polar surface area (TPSA) is 37.4 Å². The normalized spacial score (nSPS) is 25.8. The molecule has 1 saturated carbocycles. The number of carbonyl (C=O) groups is 2. The molecule has 2 aromatic carbocycles. The summed E-state index contributed by atoms with van der Waals surface area (Å²) < 4.78 is 0. The first-order valence-corrected chi connectivity index (χ1v) is 13.0. The maximum atomic E-state index is 14.2. The Morgan fingerprint density at radius 2 is 1.85 bits per heavy atom. The van der Waals surface area contributed by atoms with Gasteiger partial charge in [-0.05, 0) is 67.5 Å². The summed E-state index contributed by atoms with van der Waals surface area (Å²) in [6.45, 7) is 8.05. The molecule has 1 aliphatic heterocycles. The van der Waals surface area contributed by atoms with Gasteiger partial charge in [-0.1, -0.05) is 67.4 Å². The molecule has 2 aliphatic rings. The molecule has 1 heterocycles. The number of nitrogens with zero attached hydrogens (tertiary/aromatic N) is 1. The predicted molar refractivity (Wildman–Crippen MR) is 139 cm³/mol. The van der Waals surface area contributed by atoms with E-state index in [2.05, 4.69) is 19.6 Å². The Kier molecular flexibility index (Phi) is 7.54. The lowest BCUT2D eigenvalue weighted by Gasteiger charge is -2.52. The quantitative estimate of drug-likeness (QED) is 0.331. The number of ketones is 1. The van der Waals surface area contributed by atoms with E-state index >= 15 is 0 Å². The predicted octanol–water partition coefficient (Wildman–Crippen LogP) is 7.78.